The predicted molar refractivity (Wildman–Crippen MR) is 51.8 cm³/mol. The number of thiazole rings is 1. The molecular formula is C9H12N2S. The normalized spacial score (nSPS) is 11.2. The molecule has 0 aromatic carbocycles. The van der Waals surface area contributed by atoms with Crippen molar-refractivity contribution in [2.45, 2.75) is 26.7 Å². The lowest BCUT2D eigenvalue weighted by Gasteiger charge is -1.87. The lowest BCUT2D eigenvalue weighted by atomic mass is 10.3. The molecule has 0 amide bonds. The quantitative estimate of drug-likeness (QED) is 0.694. The lowest BCUT2D eigenvalue weighted by molar-refractivity contribution is 0.893. The van der Waals surface area contributed by atoms with E-state index in [4.69, 9.17) is 0 Å². The molecule has 0 spiro atoms. The van der Waals surface area contributed by atoms with E-state index in [1.165, 1.54) is 17.8 Å². The first kappa shape index (κ1) is 7.80. The first-order chi connectivity index (χ1) is 5.81. The van der Waals surface area contributed by atoms with Crippen LogP contribution in [0.15, 0.2) is 11.6 Å². The van der Waals surface area contributed by atoms with Gasteiger partial charge in [-0.2, -0.15) is 0 Å². The molecule has 64 valence electrons. The van der Waals surface area contributed by atoms with Gasteiger partial charge in [-0.1, -0.05) is 13.3 Å². The molecule has 0 atom stereocenters. The van der Waals surface area contributed by atoms with Gasteiger partial charge in [0.15, 0.2) is 4.96 Å². The molecule has 2 aromatic heterocycles. The average molecular weight is 180 g/mol. The first-order valence-corrected chi connectivity index (χ1v) is 5.11. The van der Waals surface area contributed by atoms with Crippen LogP contribution in [0.5, 0.6) is 0 Å². The highest BCUT2D eigenvalue weighted by Gasteiger charge is 2.03. The zero-order chi connectivity index (χ0) is 8.55. The van der Waals surface area contributed by atoms with Gasteiger partial charge in [0.05, 0.1) is 5.69 Å². The van der Waals surface area contributed by atoms with Crippen molar-refractivity contribution in [2.75, 3.05) is 0 Å². The van der Waals surface area contributed by atoms with Crippen LogP contribution in [-0.4, -0.2) is 9.38 Å². The molecule has 0 saturated carbocycles. The number of hydrogen-bond donors (Lipinski definition) is 0. The predicted octanol–water partition coefficient (Wildman–Crippen LogP) is 2.66. The summed E-state index contributed by atoms with van der Waals surface area (Å²) in [7, 11) is 0. The summed E-state index contributed by atoms with van der Waals surface area (Å²) >= 11 is 1.71. The number of aromatic nitrogens is 2. The summed E-state index contributed by atoms with van der Waals surface area (Å²) in [5.41, 5.74) is 2.50. The maximum absolute atomic E-state index is 4.50. The Morgan fingerprint density at radius 3 is 3.08 bits per heavy atom. The summed E-state index contributed by atoms with van der Waals surface area (Å²) in [4.78, 5) is 5.63. The molecule has 3 heteroatoms. The third-order valence-corrected chi connectivity index (χ3v) is 2.90. The van der Waals surface area contributed by atoms with E-state index in [9.17, 15) is 0 Å². The van der Waals surface area contributed by atoms with E-state index >= 15 is 0 Å². The van der Waals surface area contributed by atoms with Crippen LogP contribution in [0, 0.1) is 6.92 Å². The monoisotopic (exact) mass is 180 g/mol. The van der Waals surface area contributed by atoms with Gasteiger partial charge in [-0.3, -0.25) is 4.40 Å². The standard InChI is InChI=1S/C9H12N2S/c1-3-4-8-5-11-7(2)6-12-9(11)10-8/h5-6H,3-4H2,1-2H3. The number of nitrogens with zero attached hydrogens (tertiary/aromatic N) is 2. The highest BCUT2D eigenvalue weighted by atomic mass is 32.1. The molecule has 0 aliphatic carbocycles. The van der Waals surface area contributed by atoms with Crippen molar-refractivity contribution in [1.82, 2.24) is 9.38 Å². The van der Waals surface area contributed by atoms with Crippen molar-refractivity contribution in [3.8, 4) is 0 Å². The summed E-state index contributed by atoms with van der Waals surface area (Å²) in [6, 6.07) is 0. The summed E-state index contributed by atoms with van der Waals surface area (Å²) in [5.74, 6) is 0. The fourth-order valence-electron chi connectivity index (χ4n) is 1.32. The van der Waals surface area contributed by atoms with Gasteiger partial charge in [-0.05, 0) is 13.3 Å². The van der Waals surface area contributed by atoms with E-state index < -0.39 is 0 Å². The Kier molecular flexibility index (Phi) is 1.89. The van der Waals surface area contributed by atoms with E-state index in [2.05, 4.69) is 34.8 Å². The average Bonchev–Trinajstić information content (AvgIpc) is 2.55. The Balaban J connectivity index is 2.48. The second-order valence-electron chi connectivity index (χ2n) is 3.01. The Bertz CT molecular complexity index is 386. The van der Waals surface area contributed by atoms with Gasteiger partial charge < -0.3 is 0 Å². The number of hydrogen-bond acceptors (Lipinski definition) is 2. The zero-order valence-corrected chi connectivity index (χ0v) is 8.19. The third kappa shape index (κ3) is 1.14. The van der Waals surface area contributed by atoms with Gasteiger partial charge in [0, 0.05) is 17.3 Å². The third-order valence-electron chi connectivity index (χ3n) is 1.94. The first-order valence-electron chi connectivity index (χ1n) is 4.23. The van der Waals surface area contributed by atoms with E-state index in [0.29, 0.717) is 0 Å². The number of imidazole rings is 1. The Hall–Kier alpha value is -0.830. The molecule has 0 aliphatic rings. The minimum Gasteiger partial charge on any atom is -0.295 e. The molecule has 2 aromatic rings. The summed E-state index contributed by atoms with van der Waals surface area (Å²) in [5, 5.41) is 2.14. The fraction of sp³-hybridized carbons (Fsp3) is 0.444. The largest absolute Gasteiger partial charge is 0.295 e. The molecule has 0 fully saturated rings. The van der Waals surface area contributed by atoms with Gasteiger partial charge in [0.25, 0.3) is 0 Å². The zero-order valence-electron chi connectivity index (χ0n) is 7.37. The molecule has 0 aliphatic heterocycles. The number of aryl methyl sites for hydroxylation is 2. The molecule has 0 saturated heterocycles. The molecule has 0 radical (unpaired) electrons. The molecular weight excluding hydrogens is 168 g/mol. The van der Waals surface area contributed by atoms with Crippen molar-refractivity contribution < 1.29 is 0 Å². The maximum Gasteiger partial charge on any atom is 0.194 e. The molecule has 0 unspecified atom stereocenters. The summed E-state index contributed by atoms with van der Waals surface area (Å²) < 4.78 is 2.16. The van der Waals surface area contributed by atoms with Gasteiger partial charge >= 0.3 is 0 Å². The second-order valence-corrected chi connectivity index (χ2v) is 3.85. The Morgan fingerprint density at radius 2 is 2.42 bits per heavy atom. The van der Waals surface area contributed by atoms with Crippen molar-refractivity contribution in [2.24, 2.45) is 0 Å². The van der Waals surface area contributed by atoms with Crippen molar-refractivity contribution >= 4 is 16.3 Å². The minimum absolute atomic E-state index is 1.09. The van der Waals surface area contributed by atoms with Crippen LogP contribution < -0.4 is 0 Å². The van der Waals surface area contributed by atoms with E-state index in [0.717, 1.165) is 11.4 Å². The van der Waals surface area contributed by atoms with Crippen molar-refractivity contribution in [3.05, 3.63) is 23.0 Å². The summed E-state index contributed by atoms with van der Waals surface area (Å²) in [6.45, 7) is 4.29. The molecule has 0 bridgehead atoms. The highest BCUT2D eigenvalue weighted by Crippen LogP contribution is 2.16. The van der Waals surface area contributed by atoms with Crippen LogP contribution in [0.3, 0.4) is 0 Å². The SMILES string of the molecule is CCCc1cn2c(C)csc2n1. The molecule has 2 rings (SSSR count). The topological polar surface area (TPSA) is 17.3 Å². The van der Waals surface area contributed by atoms with Gasteiger partial charge in [0.1, 0.15) is 0 Å². The van der Waals surface area contributed by atoms with E-state index in [1.807, 2.05) is 0 Å². The van der Waals surface area contributed by atoms with Crippen LogP contribution in [0.2, 0.25) is 0 Å². The maximum atomic E-state index is 4.50. The molecule has 2 nitrogen and oxygen atoms in total. The van der Waals surface area contributed by atoms with Crippen LogP contribution >= 0.6 is 11.3 Å². The smallest absolute Gasteiger partial charge is 0.194 e. The Labute approximate surface area is 75.9 Å². The number of fused-ring (bicyclic) bond motifs is 1. The minimum atomic E-state index is 1.09. The molecule has 0 N–H and O–H groups in total. The van der Waals surface area contributed by atoms with Crippen LogP contribution in [0.25, 0.3) is 4.96 Å². The fourth-order valence-corrected chi connectivity index (χ4v) is 2.19. The van der Waals surface area contributed by atoms with E-state index in [1.54, 1.807) is 11.3 Å². The van der Waals surface area contributed by atoms with Crippen molar-refractivity contribution in [3.63, 3.8) is 0 Å². The van der Waals surface area contributed by atoms with Crippen LogP contribution in [0.4, 0.5) is 0 Å². The Morgan fingerprint density at radius 1 is 1.58 bits per heavy atom. The second kappa shape index (κ2) is 2.90. The molecule has 12 heavy (non-hydrogen) atoms. The van der Waals surface area contributed by atoms with Gasteiger partial charge in [0.2, 0.25) is 0 Å². The van der Waals surface area contributed by atoms with Gasteiger partial charge in [-0.25, -0.2) is 4.98 Å². The van der Waals surface area contributed by atoms with E-state index in [-0.39, 0.29) is 0 Å². The highest BCUT2D eigenvalue weighted by molar-refractivity contribution is 7.15. The van der Waals surface area contributed by atoms with Crippen LogP contribution in [0.1, 0.15) is 24.7 Å². The number of rotatable bonds is 2. The molecule has 2 heterocycles. The van der Waals surface area contributed by atoms with Crippen molar-refractivity contribution in [1.29, 1.82) is 0 Å². The lowest BCUT2D eigenvalue weighted by Crippen LogP contribution is -1.81. The van der Waals surface area contributed by atoms with Gasteiger partial charge in [-0.15, -0.1) is 11.3 Å². The van der Waals surface area contributed by atoms with Crippen LogP contribution in [-0.2, 0) is 6.42 Å². The summed E-state index contributed by atoms with van der Waals surface area (Å²) in [6.07, 6.45) is 4.41.